The van der Waals surface area contributed by atoms with E-state index in [0.29, 0.717) is 35.0 Å². The van der Waals surface area contributed by atoms with Crippen molar-refractivity contribution in [2.24, 2.45) is 0 Å². The molecule has 3 aromatic carbocycles. The van der Waals surface area contributed by atoms with Crippen molar-refractivity contribution in [3.8, 4) is 0 Å². The molecule has 1 aliphatic rings. The Morgan fingerprint density at radius 3 is 2.09 bits per heavy atom. The van der Waals surface area contributed by atoms with Crippen LogP contribution in [0.4, 0.5) is 11.4 Å². The van der Waals surface area contributed by atoms with E-state index in [4.69, 9.17) is 4.74 Å². The molecule has 178 valence electrons. The number of anilines is 2. The highest BCUT2D eigenvalue weighted by molar-refractivity contribution is 8.04. The van der Waals surface area contributed by atoms with E-state index in [1.807, 2.05) is 79.4 Å². The lowest BCUT2D eigenvalue weighted by molar-refractivity contribution is -0.120. The molecule has 1 aliphatic heterocycles. The second-order valence-corrected chi connectivity index (χ2v) is 8.88. The summed E-state index contributed by atoms with van der Waals surface area (Å²) in [6.45, 7) is 4.71. The Morgan fingerprint density at radius 2 is 1.49 bits per heavy atom. The minimum absolute atomic E-state index is 0.337. The van der Waals surface area contributed by atoms with Crippen LogP contribution < -0.4 is 9.80 Å². The average Bonchev–Trinajstić information content (AvgIpc) is 3.13. The molecule has 0 N–H and O–H groups in total. The Hall–Kier alpha value is -3.84. The molecule has 0 unspecified atom stereocenters. The summed E-state index contributed by atoms with van der Waals surface area (Å²) in [6, 6.07) is 25.4. The third kappa shape index (κ3) is 5.15. The van der Waals surface area contributed by atoms with E-state index in [2.05, 4.69) is 0 Å². The van der Waals surface area contributed by atoms with Crippen molar-refractivity contribution in [2.45, 2.75) is 25.2 Å². The van der Waals surface area contributed by atoms with Crippen LogP contribution in [0.1, 0.15) is 30.6 Å². The van der Waals surface area contributed by atoms with E-state index in [0.717, 1.165) is 17.0 Å². The fourth-order valence-electron chi connectivity index (χ4n) is 3.77. The van der Waals surface area contributed by atoms with Gasteiger partial charge >= 0.3 is 5.97 Å². The zero-order valence-electron chi connectivity index (χ0n) is 19.6. The monoisotopic (exact) mass is 486 g/mol. The van der Waals surface area contributed by atoms with Crippen LogP contribution in [0, 0.1) is 0 Å². The summed E-state index contributed by atoms with van der Waals surface area (Å²) in [5.74, 6) is -1.23. The number of para-hydroxylation sites is 1. The molecule has 6 nitrogen and oxygen atoms in total. The molecule has 0 saturated heterocycles. The first kappa shape index (κ1) is 24.3. The molecular formula is C28H26N2O4S. The summed E-state index contributed by atoms with van der Waals surface area (Å²) in [4.78, 5) is 43.8. The van der Waals surface area contributed by atoms with Gasteiger partial charge in [0.2, 0.25) is 0 Å². The number of rotatable bonds is 9. The number of nitrogens with zero attached hydrogens (tertiary/aromatic N) is 2. The smallest absolute Gasteiger partial charge is 0.338 e. The van der Waals surface area contributed by atoms with Crippen LogP contribution in [-0.4, -0.2) is 30.9 Å². The lowest BCUT2D eigenvalue weighted by Crippen LogP contribution is -2.35. The zero-order chi connectivity index (χ0) is 24.8. The van der Waals surface area contributed by atoms with E-state index in [1.54, 1.807) is 24.3 Å². The van der Waals surface area contributed by atoms with Gasteiger partial charge in [-0.05, 0) is 61.9 Å². The Kier molecular flexibility index (Phi) is 7.67. The summed E-state index contributed by atoms with van der Waals surface area (Å²) in [7, 11) is 0. The average molecular weight is 487 g/mol. The number of carbonyl (C=O) groups excluding carboxylic acids is 3. The van der Waals surface area contributed by atoms with Gasteiger partial charge in [0.25, 0.3) is 11.8 Å². The Balaban J connectivity index is 1.71. The molecule has 0 atom stereocenters. The first-order valence-corrected chi connectivity index (χ1v) is 12.3. The highest BCUT2D eigenvalue weighted by Crippen LogP contribution is 2.40. The number of benzene rings is 3. The third-order valence-corrected chi connectivity index (χ3v) is 6.51. The highest BCUT2D eigenvalue weighted by atomic mass is 32.2. The van der Waals surface area contributed by atoms with Gasteiger partial charge in [-0.3, -0.25) is 9.59 Å². The molecule has 0 fully saturated rings. The lowest BCUT2D eigenvalue weighted by atomic mass is 10.2. The maximum Gasteiger partial charge on any atom is 0.338 e. The molecule has 35 heavy (non-hydrogen) atoms. The van der Waals surface area contributed by atoms with Crippen molar-refractivity contribution in [1.29, 1.82) is 0 Å². The van der Waals surface area contributed by atoms with Gasteiger partial charge in [-0.2, -0.15) is 0 Å². The van der Waals surface area contributed by atoms with E-state index < -0.39 is 17.8 Å². The molecule has 0 radical (unpaired) electrons. The van der Waals surface area contributed by atoms with E-state index in [1.165, 1.54) is 16.7 Å². The van der Waals surface area contributed by atoms with Crippen LogP contribution in [0.2, 0.25) is 0 Å². The predicted molar refractivity (Wildman–Crippen MR) is 138 cm³/mol. The molecule has 0 aromatic heterocycles. The fourth-order valence-corrected chi connectivity index (χ4v) is 4.77. The number of hydrogen-bond donors (Lipinski definition) is 0. The SMILES string of the molecule is CCCOC(=O)c1ccc(N2C(=O)C(Sc3ccccc3)=C(N(CC)c3ccccc3)C2=O)cc1. The topological polar surface area (TPSA) is 66.9 Å². The van der Waals surface area contributed by atoms with Gasteiger partial charge in [0.05, 0.1) is 17.9 Å². The number of amides is 2. The summed E-state index contributed by atoms with van der Waals surface area (Å²) < 4.78 is 5.18. The van der Waals surface area contributed by atoms with Crippen molar-refractivity contribution in [2.75, 3.05) is 23.0 Å². The number of thioether (sulfide) groups is 1. The van der Waals surface area contributed by atoms with E-state index in [-0.39, 0.29) is 0 Å². The number of ether oxygens (including phenoxy) is 1. The van der Waals surface area contributed by atoms with Crippen LogP contribution in [-0.2, 0) is 14.3 Å². The summed E-state index contributed by atoms with van der Waals surface area (Å²) >= 11 is 1.28. The quantitative estimate of drug-likeness (QED) is 0.287. The van der Waals surface area contributed by atoms with Gasteiger partial charge in [0, 0.05) is 17.1 Å². The molecule has 0 saturated carbocycles. The molecule has 0 aliphatic carbocycles. The Labute approximate surface area is 209 Å². The number of hydrogen-bond acceptors (Lipinski definition) is 6. The Morgan fingerprint density at radius 1 is 0.857 bits per heavy atom. The van der Waals surface area contributed by atoms with Gasteiger partial charge in [-0.1, -0.05) is 55.1 Å². The predicted octanol–water partition coefficient (Wildman–Crippen LogP) is 5.66. The highest BCUT2D eigenvalue weighted by Gasteiger charge is 2.42. The van der Waals surface area contributed by atoms with Crippen LogP contribution >= 0.6 is 11.8 Å². The first-order chi connectivity index (χ1) is 17.0. The normalized spacial score (nSPS) is 13.4. The zero-order valence-corrected chi connectivity index (χ0v) is 20.5. The van der Waals surface area contributed by atoms with Crippen molar-refractivity contribution in [3.63, 3.8) is 0 Å². The lowest BCUT2D eigenvalue weighted by Gasteiger charge is -2.24. The molecule has 7 heteroatoms. The van der Waals surface area contributed by atoms with Crippen LogP contribution in [0.15, 0.2) is 100 Å². The van der Waals surface area contributed by atoms with E-state index >= 15 is 0 Å². The maximum absolute atomic E-state index is 13.8. The standard InChI is InChI=1S/C28H26N2O4S/c1-3-19-34-28(33)20-15-17-22(18-16-20)30-26(31)24(29(4-2)21-11-7-5-8-12-21)25(27(30)32)35-23-13-9-6-10-14-23/h5-18H,3-4,19H2,1-2H3. The number of esters is 1. The molecule has 4 rings (SSSR count). The second kappa shape index (κ2) is 11.1. The van der Waals surface area contributed by atoms with Crippen LogP contribution in [0.5, 0.6) is 0 Å². The van der Waals surface area contributed by atoms with Gasteiger partial charge in [0.1, 0.15) is 10.6 Å². The molecule has 3 aromatic rings. The Bertz CT molecular complexity index is 1240. The number of likely N-dealkylation sites (N-methyl/N-ethyl adjacent to an activating group) is 1. The first-order valence-electron chi connectivity index (χ1n) is 11.5. The van der Waals surface area contributed by atoms with Crippen molar-refractivity contribution in [1.82, 2.24) is 0 Å². The fraction of sp³-hybridized carbons (Fsp3) is 0.179. The van der Waals surface area contributed by atoms with Gasteiger partial charge in [0.15, 0.2) is 0 Å². The largest absolute Gasteiger partial charge is 0.462 e. The molecule has 1 heterocycles. The molecule has 2 amide bonds. The second-order valence-electron chi connectivity index (χ2n) is 7.80. The van der Waals surface area contributed by atoms with Crippen molar-refractivity contribution >= 4 is 40.9 Å². The van der Waals surface area contributed by atoms with E-state index in [9.17, 15) is 14.4 Å². The summed E-state index contributed by atoms with van der Waals surface area (Å²) in [5.41, 5.74) is 1.93. The van der Waals surface area contributed by atoms with Crippen molar-refractivity contribution < 1.29 is 19.1 Å². The molecular weight excluding hydrogens is 460 g/mol. The third-order valence-electron chi connectivity index (χ3n) is 5.43. The summed E-state index contributed by atoms with van der Waals surface area (Å²) in [5, 5.41) is 0. The molecule has 0 spiro atoms. The number of carbonyl (C=O) groups is 3. The number of imide groups is 1. The van der Waals surface area contributed by atoms with Crippen molar-refractivity contribution in [3.05, 3.63) is 101 Å². The van der Waals surface area contributed by atoms with Gasteiger partial charge in [-0.15, -0.1) is 0 Å². The minimum atomic E-state index is -0.433. The van der Waals surface area contributed by atoms with Gasteiger partial charge in [-0.25, -0.2) is 9.69 Å². The van der Waals surface area contributed by atoms with Gasteiger partial charge < -0.3 is 9.64 Å². The molecule has 0 bridgehead atoms. The van der Waals surface area contributed by atoms with Crippen LogP contribution in [0.25, 0.3) is 0 Å². The summed E-state index contributed by atoms with van der Waals surface area (Å²) in [6.07, 6.45) is 0.728. The maximum atomic E-state index is 13.8. The minimum Gasteiger partial charge on any atom is -0.462 e. The van der Waals surface area contributed by atoms with Crippen LogP contribution in [0.3, 0.4) is 0 Å².